The average Bonchev–Trinajstić information content (AvgIpc) is 2.92. The van der Waals surface area contributed by atoms with Gasteiger partial charge in [-0.05, 0) is 48.9 Å². The maximum absolute atomic E-state index is 12.7. The molecule has 3 rings (SSSR count). The van der Waals surface area contributed by atoms with Crippen molar-refractivity contribution in [3.05, 3.63) is 58.0 Å². The van der Waals surface area contributed by atoms with Crippen LogP contribution in [0, 0.1) is 13.8 Å². The number of hydrogen-bond acceptors (Lipinski definition) is 5. The van der Waals surface area contributed by atoms with E-state index in [-0.39, 0.29) is 5.91 Å². The molecule has 1 saturated heterocycles. The van der Waals surface area contributed by atoms with Crippen molar-refractivity contribution >= 4 is 34.6 Å². The summed E-state index contributed by atoms with van der Waals surface area (Å²) in [6.45, 7) is 4.04. The molecular formula is C21H22N2O3S. The Balaban J connectivity index is 2.00. The summed E-state index contributed by atoms with van der Waals surface area (Å²) in [6.07, 6.45) is 1.82. The summed E-state index contributed by atoms with van der Waals surface area (Å²) in [5.41, 5.74) is 3.85. The number of ether oxygens (including phenoxy) is 2. The molecule has 140 valence electrons. The van der Waals surface area contributed by atoms with Crippen molar-refractivity contribution in [2.75, 3.05) is 21.3 Å². The Morgan fingerprint density at radius 1 is 1.04 bits per heavy atom. The lowest BCUT2D eigenvalue weighted by atomic mass is 10.1. The molecule has 1 aliphatic heterocycles. The zero-order valence-corrected chi connectivity index (χ0v) is 16.9. The predicted octanol–water partition coefficient (Wildman–Crippen LogP) is 4.55. The first-order chi connectivity index (χ1) is 13.0. The highest BCUT2D eigenvalue weighted by molar-refractivity contribution is 8.18. The summed E-state index contributed by atoms with van der Waals surface area (Å²) < 4.78 is 10.8. The summed E-state index contributed by atoms with van der Waals surface area (Å²) in [7, 11) is 4.92. The fourth-order valence-electron chi connectivity index (χ4n) is 2.90. The molecule has 0 aliphatic carbocycles. The summed E-state index contributed by atoms with van der Waals surface area (Å²) >= 11 is 1.36. The van der Waals surface area contributed by atoms with E-state index >= 15 is 0 Å². The van der Waals surface area contributed by atoms with E-state index in [1.54, 1.807) is 26.2 Å². The van der Waals surface area contributed by atoms with E-state index in [0.29, 0.717) is 21.6 Å². The van der Waals surface area contributed by atoms with E-state index < -0.39 is 0 Å². The number of nitrogens with zero attached hydrogens (tertiary/aromatic N) is 2. The first-order valence-electron chi connectivity index (χ1n) is 8.49. The van der Waals surface area contributed by atoms with E-state index in [1.807, 2.05) is 56.3 Å². The second-order valence-electron chi connectivity index (χ2n) is 6.19. The third-order valence-corrected chi connectivity index (χ3v) is 5.43. The van der Waals surface area contributed by atoms with Crippen molar-refractivity contribution in [1.29, 1.82) is 0 Å². The first-order valence-corrected chi connectivity index (χ1v) is 9.31. The number of aryl methyl sites for hydroxylation is 2. The normalized spacial score (nSPS) is 17.1. The minimum absolute atomic E-state index is 0.0881. The standard InChI is InChI=1S/C21H22N2O3S/c1-13-8-6-9-14(2)18(13)22-21-23(3)20(24)17(27-21)12-15-10-7-11-16(25-4)19(15)26-5/h6-12H,1-5H3/b17-12-,22-21?. The van der Waals surface area contributed by atoms with Crippen molar-refractivity contribution in [2.45, 2.75) is 13.8 Å². The number of benzene rings is 2. The van der Waals surface area contributed by atoms with Crippen molar-refractivity contribution < 1.29 is 14.3 Å². The fourth-order valence-corrected chi connectivity index (χ4v) is 3.86. The Labute approximate surface area is 163 Å². The molecule has 2 aromatic carbocycles. The van der Waals surface area contributed by atoms with Gasteiger partial charge in [0.2, 0.25) is 0 Å². The SMILES string of the molecule is COc1cccc(/C=C2\SC(=Nc3c(C)cccc3C)N(C)C2=O)c1OC. The smallest absolute Gasteiger partial charge is 0.266 e. The second kappa shape index (κ2) is 7.88. The second-order valence-corrected chi connectivity index (χ2v) is 7.20. The monoisotopic (exact) mass is 382 g/mol. The molecule has 0 spiro atoms. The van der Waals surface area contributed by atoms with E-state index in [1.165, 1.54) is 11.8 Å². The van der Waals surface area contributed by atoms with Gasteiger partial charge in [-0.3, -0.25) is 9.69 Å². The number of thioether (sulfide) groups is 1. The zero-order chi connectivity index (χ0) is 19.6. The highest BCUT2D eigenvalue weighted by atomic mass is 32.2. The van der Waals surface area contributed by atoms with Crippen molar-refractivity contribution in [1.82, 2.24) is 4.90 Å². The number of carbonyl (C=O) groups is 1. The molecule has 27 heavy (non-hydrogen) atoms. The lowest BCUT2D eigenvalue weighted by molar-refractivity contribution is -0.121. The van der Waals surface area contributed by atoms with Crippen LogP contribution < -0.4 is 9.47 Å². The third kappa shape index (κ3) is 3.71. The van der Waals surface area contributed by atoms with Crippen molar-refractivity contribution in [3.63, 3.8) is 0 Å². The summed E-state index contributed by atoms with van der Waals surface area (Å²) in [5, 5.41) is 0.658. The Hall–Kier alpha value is -2.73. The molecular weight excluding hydrogens is 360 g/mol. The van der Waals surface area contributed by atoms with Gasteiger partial charge in [0.05, 0.1) is 24.8 Å². The van der Waals surface area contributed by atoms with Crippen LogP contribution in [0.4, 0.5) is 5.69 Å². The number of hydrogen-bond donors (Lipinski definition) is 0. The molecule has 1 amide bonds. The van der Waals surface area contributed by atoms with Gasteiger partial charge in [-0.2, -0.15) is 0 Å². The molecule has 1 fully saturated rings. The minimum atomic E-state index is -0.0881. The van der Waals surface area contributed by atoms with Gasteiger partial charge in [0, 0.05) is 12.6 Å². The number of para-hydroxylation sites is 2. The Morgan fingerprint density at radius 3 is 2.33 bits per heavy atom. The van der Waals surface area contributed by atoms with Crippen molar-refractivity contribution in [3.8, 4) is 11.5 Å². The van der Waals surface area contributed by atoms with Crippen LogP contribution in [0.15, 0.2) is 46.3 Å². The molecule has 0 saturated carbocycles. The zero-order valence-electron chi connectivity index (χ0n) is 16.1. The molecule has 0 radical (unpaired) electrons. The van der Waals surface area contributed by atoms with Crippen molar-refractivity contribution in [2.24, 2.45) is 4.99 Å². The van der Waals surface area contributed by atoms with Crippen LogP contribution in [0.1, 0.15) is 16.7 Å². The van der Waals surface area contributed by atoms with Crippen LogP contribution in [0.3, 0.4) is 0 Å². The third-order valence-electron chi connectivity index (χ3n) is 4.37. The Bertz CT molecular complexity index is 930. The molecule has 0 aromatic heterocycles. The number of rotatable bonds is 4. The van der Waals surface area contributed by atoms with Crippen LogP contribution in [0.5, 0.6) is 11.5 Å². The molecule has 2 aromatic rings. The lowest BCUT2D eigenvalue weighted by Gasteiger charge is -2.10. The topological polar surface area (TPSA) is 51.1 Å². The maximum atomic E-state index is 12.7. The van der Waals surface area contributed by atoms with Crippen LogP contribution in [-0.2, 0) is 4.79 Å². The maximum Gasteiger partial charge on any atom is 0.266 e. The van der Waals surface area contributed by atoms with Gasteiger partial charge in [0.25, 0.3) is 5.91 Å². The molecule has 1 aliphatic rings. The highest BCUT2D eigenvalue weighted by Crippen LogP contribution is 2.38. The van der Waals surface area contributed by atoms with Gasteiger partial charge in [-0.1, -0.05) is 30.3 Å². The van der Waals surface area contributed by atoms with Gasteiger partial charge in [-0.25, -0.2) is 4.99 Å². The van der Waals surface area contributed by atoms with E-state index in [4.69, 9.17) is 14.5 Å². The summed E-state index contributed by atoms with van der Waals surface area (Å²) in [4.78, 5) is 19.6. The summed E-state index contributed by atoms with van der Waals surface area (Å²) in [5.74, 6) is 1.14. The first kappa shape index (κ1) is 19.0. The Morgan fingerprint density at radius 2 is 1.70 bits per heavy atom. The van der Waals surface area contributed by atoms with Gasteiger partial charge >= 0.3 is 0 Å². The van der Waals surface area contributed by atoms with Gasteiger partial charge in [0.15, 0.2) is 16.7 Å². The number of likely N-dealkylation sites (N-methyl/N-ethyl adjacent to an activating group) is 1. The molecule has 6 heteroatoms. The summed E-state index contributed by atoms with van der Waals surface area (Å²) in [6, 6.07) is 11.6. The number of methoxy groups -OCH3 is 2. The van der Waals surface area contributed by atoms with Gasteiger partial charge < -0.3 is 9.47 Å². The molecule has 0 atom stereocenters. The van der Waals surface area contributed by atoms with E-state index in [0.717, 1.165) is 22.4 Å². The number of aliphatic imine (C=N–C) groups is 1. The number of amides is 1. The molecule has 0 N–H and O–H groups in total. The largest absolute Gasteiger partial charge is 0.493 e. The quantitative estimate of drug-likeness (QED) is 0.728. The fraction of sp³-hybridized carbons (Fsp3) is 0.238. The van der Waals surface area contributed by atoms with Gasteiger partial charge in [0.1, 0.15) is 0 Å². The van der Waals surface area contributed by atoms with Gasteiger partial charge in [-0.15, -0.1) is 0 Å². The van der Waals surface area contributed by atoms with Crippen LogP contribution in [0.25, 0.3) is 6.08 Å². The lowest BCUT2D eigenvalue weighted by Crippen LogP contribution is -2.23. The van der Waals surface area contributed by atoms with E-state index in [9.17, 15) is 4.79 Å². The highest BCUT2D eigenvalue weighted by Gasteiger charge is 2.31. The van der Waals surface area contributed by atoms with E-state index in [2.05, 4.69) is 0 Å². The Kier molecular flexibility index (Phi) is 5.56. The molecule has 1 heterocycles. The molecule has 0 bridgehead atoms. The number of carbonyl (C=O) groups excluding carboxylic acids is 1. The average molecular weight is 382 g/mol. The molecule has 5 nitrogen and oxygen atoms in total. The van der Waals surface area contributed by atoms with Crippen LogP contribution in [-0.4, -0.2) is 37.2 Å². The number of amidine groups is 1. The van der Waals surface area contributed by atoms with Crippen LogP contribution >= 0.6 is 11.8 Å². The van der Waals surface area contributed by atoms with Crippen LogP contribution in [0.2, 0.25) is 0 Å². The minimum Gasteiger partial charge on any atom is -0.493 e. The predicted molar refractivity (Wildman–Crippen MR) is 111 cm³/mol. The molecule has 0 unspecified atom stereocenters.